The molecule has 0 amide bonds. The summed E-state index contributed by atoms with van der Waals surface area (Å²) in [7, 11) is 0. The molecule has 13 heavy (non-hydrogen) atoms. The number of alkyl halides is 1. The van der Waals surface area contributed by atoms with Crippen molar-refractivity contribution in [1.29, 1.82) is 0 Å². The van der Waals surface area contributed by atoms with Crippen LogP contribution >= 0.6 is 31.9 Å². The molecule has 1 aliphatic carbocycles. The molecule has 2 rings (SSSR count). The zero-order valence-corrected chi connectivity index (χ0v) is 9.76. The molecule has 1 unspecified atom stereocenters. The molecular formula is C9H7Br2NO. The van der Waals surface area contributed by atoms with Gasteiger partial charge in [-0.05, 0) is 33.7 Å². The van der Waals surface area contributed by atoms with E-state index in [0.717, 1.165) is 11.3 Å². The first-order chi connectivity index (χ1) is 6.20. The van der Waals surface area contributed by atoms with E-state index in [0.29, 0.717) is 4.48 Å². The molecule has 1 aliphatic heterocycles. The second-order valence-corrected chi connectivity index (χ2v) is 4.61. The number of hydrogen-bond donors (Lipinski definition) is 2. The fourth-order valence-corrected chi connectivity index (χ4v) is 2.76. The highest BCUT2D eigenvalue weighted by Gasteiger charge is 2.24. The zero-order valence-electron chi connectivity index (χ0n) is 6.59. The van der Waals surface area contributed by atoms with E-state index in [2.05, 4.69) is 37.2 Å². The van der Waals surface area contributed by atoms with Crippen molar-refractivity contribution < 1.29 is 5.11 Å². The quantitative estimate of drug-likeness (QED) is 0.675. The van der Waals surface area contributed by atoms with E-state index >= 15 is 0 Å². The lowest BCUT2D eigenvalue weighted by atomic mass is 10.0. The van der Waals surface area contributed by atoms with Gasteiger partial charge in [0, 0.05) is 6.20 Å². The summed E-state index contributed by atoms with van der Waals surface area (Å²) >= 11 is 6.79. The summed E-state index contributed by atoms with van der Waals surface area (Å²) in [6, 6.07) is 0. The predicted octanol–water partition coefficient (Wildman–Crippen LogP) is 2.86. The van der Waals surface area contributed by atoms with E-state index in [4.69, 9.17) is 0 Å². The van der Waals surface area contributed by atoms with Gasteiger partial charge in [-0.15, -0.1) is 0 Å². The first-order valence-electron chi connectivity index (χ1n) is 3.79. The minimum Gasteiger partial charge on any atom is -0.505 e. The van der Waals surface area contributed by atoms with Gasteiger partial charge in [0.15, 0.2) is 5.76 Å². The Kier molecular flexibility index (Phi) is 2.34. The lowest BCUT2D eigenvalue weighted by Crippen LogP contribution is -2.21. The zero-order chi connectivity index (χ0) is 9.42. The smallest absolute Gasteiger partial charge is 0.153 e. The number of fused-ring (bicyclic) bond motifs is 1. The molecule has 0 radical (unpaired) electrons. The Balaban J connectivity index is 2.52. The molecule has 0 fully saturated rings. The summed E-state index contributed by atoms with van der Waals surface area (Å²) in [5, 5.41) is 12.7. The molecular weight excluding hydrogens is 298 g/mol. The number of rotatable bonds is 0. The van der Waals surface area contributed by atoms with Gasteiger partial charge in [0.1, 0.15) is 0 Å². The number of dihydropyridines is 1. The summed E-state index contributed by atoms with van der Waals surface area (Å²) in [6.07, 6.45) is 7.58. The Bertz CT molecular complexity index is 366. The van der Waals surface area contributed by atoms with Crippen molar-refractivity contribution in [3.63, 3.8) is 0 Å². The molecule has 0 aromatic heterocycles. The number of halogens is 2. The summed E-state index contributed by atoms with van der Waals surface area (Å²) < 4.78 is 0.712. The molecule has 1 atom stereocenters. The number of aliphatic hydroxyl groups excluding tert-OH is 1. The first kappa shape index (κ1) is 9.09. The van der Waals surface area contributed by atoms with Crippen LogP contribution in [0.25, 0.3) is 0 Å². The van der Waals surface area contributed by atoms with E-state index < -0.39 is 0 Å². The van der Waals surface area contributed by atoms with Crippen molar-refractivity contribution in [3.05, 3.63) is 45.9 Å². The SMILES string of the molecule is OC1=C2NC=CC=C2C(Br)C=C1Br. The van der Waals surface area contributed by atoms with Crippen LogP contribution in [0.4, 0.5) is 0 Å². The van der Waals surface area contributed by atoms with Gasteiger partial charge in [0.05, 0.1) is 15.0 Å². The largest absolute Gasteiger partial charge is 0.505 e. The highest BCUT2D eigenvalue weighted by atomic mass is 79.9. The molecule has 68 valence electrons. The first-order valence-corrected chi connectivity index (χ1v) is 5.49. The van der Waals surface area contributed by atoms with Crippen molar-refractivity contribution in [3.8, 4) is 0 Å². The van der Waals surface area contributed by atoms with Crippen molar-refractivity contribution >= 4 is 31.9 Å². The molecule has 4 heteroatoms. The third-order valence-electron chi connectivity index (χ3n) is 1.94. The highest BCUT2D eigenvalue weighted by molar-refractivity contribution is 9.12. The van der Waals surface area contributed by atoms with Gasteiger partial charge in [0.2, 0.25) is 0 Å². The van der Waals surface area contributed by atoms with Crippen molar-refractivity contribution in [2.45, 2.75) is 4.83 Å². The van der Waals surface area contributed by atoms with Gasteiger partial charge in [-0.2, -0.15) is 0 Å². The van der Waals surface area contributed by atoms with Crippen molar-refractivity contribution in [1.82, 2.24) is 5.32 Å². The van der Waals surface area contributed by atoms with E-state index in [-0.39, 0.29) is 10.6 Å². The maximum Gasteiger partial charge on any atom is 0.153 e. The van der Waals surface area contributed by atoms with Crippen LogP contribution in [0.3, 0.4) is 0 Å². The van der Waals surface area contributed by atoms with Crippen LogP contribution < -0.4 is 5.32 Å². The van der Waals surface area contributed by atoms with Crippen molar-refractivity contribution in [2.75, 3.05) is 0 Å². The summed E-state index contributed by atoms with van der Waals surface area (Å²) in [6.45, 7) is 0. The maximum atomic E-state index is 9.70. The average molecular weight is 305 g/mol. The van der Waals surface area contributed by atoms with Crippen LogP contribution in [0.15, 0.2) is 45.9 Å². The Morgan fingerprint density at radius 1 is 1.46 bits per heavy atom. The Hall–Kier alpha value is -0.480. The van der Waals surface area contributed by atoms with E-state index in [9.17, 15) is 5.11 Å². The minimum atomic E-state index is 0.144. The third kappa shape index (κ3) is 1.48. The summed E-state index contributed by atoms with van der Waals surface area (Å²) in [4.78, 5) is 0.144. The number of hydrogen-bond acceptors (Lipinski definition) is 2. The number of nitrogens with one attached hydrogen (secondary N) is 1. The maximum absolute atomic E-state index is 9.70. The van der Waals surface area contributed by atoms with Gasteiger partial charge >= 0.3 is 0 Å². The van der Waals surface area contributed by atoms with Crippen LogP contribution in [0.1, 0.15) is 0 Å². The normalized spacial score (nSPS) is 26.2. The molecule has 0 bridgehead atoms. The highest BCUT2D eigenvalue weighted by Crippen LogP contribution is 2.34. The Morgan fingerprint density at radius 3 is 3.00 bits per heavy atom. The van der Waals surface area contributed by atoms with E-state index in [1.54, 1.807) is 6.20 Å². The Morgan fingerprint density at radius 2 is 2.23 bits per heavy atom. The molecule has 2 aliphatic rings. The molecule has 2 N–H and O–H groups in total. The molecule has 0 saturated heterocycles. The molecule has 0 saturated carbocycles. The van der Waals surface area contributed by atoms with Crippen LogP contribution in [-0.4, -0.2) is 9.93 Å². The van der Waals surface area contributed by atoms with Gasteiger partial charge < -0.3 is 10.4 Å². The number of allylic oxidation sites excluding steroid dienone is 5. The third-order valence-corrected chi connectivity index (χ3v) is 3.34. The molecule has 1 heterocycles. The van der Waals surface area contributed by atoms with Crippen LogP contribution in [0.5, 0.6) is 0 Å². The molecule has 0 spiro atoms. The van der Waals surface area contributed by atoms with Gasteiger partial charge in [0.25, 0.3) is 0 Å². The monoisotopic (exact) mass is 303 g/mol. The minimum absolute atomic E-state index is 0.144. The van der Waals surface area contributed by atoms with E-state index in [1.807, 2.05) is 18.2 Å². The standard InChI is InChI=1S/C9H7Br2NO/c10-6-4-7(11)9(13)8-5(6)2-1-3-12-8/h1-4,6,12-13H. The predicted molar refractivity (Wildman–Crippen MR) is 59.7 cm³/mol. The second kappa shape index (κ2) is 3.35. The number of aliphatic hydroxyl groups is 1. The summed E-state index contributed by atoms with van der Waals surface area (Å²) in [5.74, 6) is 0.256. The fourth-order valence-electron chi connectivity index (χ4n) is 1.30. The van der Waals surface area contributed by atoms with Crippen LogP contribution in [0, 0.1) is 0 Å². The topological polar surface area (TPSA) is 32.3 Å². The molecule has 2 nitrogen and oxygen atoms in total. The molecule has 0 aromatic rings. The second-order valence-electron chi connectivity index (χ2n) is 2.77. The van der Waals surface area contributed by atoms with Gasteiger partial charge in [-0.1, -0.05) is 22.0 Å². The summed E-state index contributed by atoms with van der Waals surface area (Å²) in [5.41, 5.74) is 1.81. The van der Waals surface area contributed by atoms with Crippen molar-refractivity contribution in [2.24, 2.45) is 0 Å². The molecule has 0 aromatic carbocycles. The fraction of sp³-hybridized carbons (Fsp3) is 0.111. The lowest BCUT2D eigenvalue weighted by molar-refractivity contribution is 0.419. The van der Waals surface area contributed by atoms with Crippen LogP contribution in [-0.2, 0) is 0 Å². The Labute approximate surface area is 93.0 Å². The van der Waals surface area contributed by atoms with Crippen LogP contribution in [0.2, 0.25) is 0 Å². The van der Waals surface area contributed by atoms with Gasteiger partial charge in [-0.25, -0.2) is 0 Å². The van der Waals surface area contributed by atoms with E-state index in [1.165, 1.54) is 0 Å². The average Bonchev–Trinajstić information content (AvgIpc) is 2.15. The lowest BCUT2D eigenvalue weighted by Gasteiger charge is -2.23. The van der Waals surface area contributed by atoms with Gasteiger partial charge in [-0.3, -0.25) is 0 Å².